The van der Waals surface area contributed by atoms with E-state index in [0.717, 1.165) is 46.3 Å². The van der Waals surface area contributed by atoms with Gasteiger partial charge in [-0.2, -0.15) is 5.10 Å². The largest absolute Gasteiger partial charge is 0.493 e. The predicted molar refractivity (Wildman–Crippen MR) is 127 cm³/mol. The molecule has 0 radical (unpaired) electrons. The minimum atomic E-state index is -0.793. The molecular formula is C27H28N2O3. The third-order valence-electron chi connectivity index (χ3n) is 5.81. The summed E-state index contributed by atoms with van der Waals surface area (Å²) < 4.78 is 8.21. The van der Waals surface area contributed by atoms with Crippen molar-refractivity contribution in [2.45, 2.75) is 39.7 Å². The summed E-state index contributed by atoms with van der Waals surface area (Å²) in [5.41, 5.74) is 6.64. The maximum atomic E-state index is 11.0. The van der Waals surface area contributed by atoms with E-state index in [1.54, 1.807) is 0 Å². The zero-order valence-corrected chi connectivity index (χ0v) is 18.5. The minimum Gasteiger partial charge on any atom is -0.493 e. The first-order valence-corrected chi connectivity index (χ1v) is 11.0. The first-order chi connectivity index (χ1) is 15.5. The highest BCUT2D eigenvalue weighted by atomic mass is 16.5. The molecule has 3 aromatic carbocycles. The van der Waals surface area contributed by atoms with Crippen molar-refractivity contribution in [3.05, 3.63) is 83.6 Å². The zero-order valence-electron chi connectivity index (χ0n) is 18.5. The van der Waals surface area contributed by atoms with Crippen LogP contribution in [0, 0.1) is 6.92 Å². The topological polar surface area (TPSA) is 64.4 Å². The number of ether oxygens (including phenoxy) is 1. The Morgan fingerprint density at radius 3 is 2.69 bits per heavy atom. The van der Waals surface area contributed by atoms with Crippen molar-refractivity contribution < 1.29 is 14.6 Å². The van der Waals surface area contributed by atoms with Gasteiger partial charge in [0.25, 0.3) is 0 Å². The Morgan fingerprint density at radius 2 is 1.91 bits per heavy atom. The van der Waals surface area contributed by atoms with Gasteiger partial charge in [-0.3, -0.25) is 9.48 Å². The van der Waals surface area contributed by atoms with E-state index in [4.69, 9.17) is 9.84 Å². The maximum absolute atomic E-state index is 11.0. The van der Waals surface area contributed by atoms with Gasteiger partial charge >= 0.3 is 5.97 Å². The van der Waals surface area contributed by atoms with Crippen LogP contribution in [-0.2, 0) is 24.2 Å². The normalized spacial score (nSPS) is 11.1. The van der Waals surface area contributed by atoms with Crippen LogP contribution in [0.1, 0.15) is 30.0 Å². The Hall–Kier alpha value is -3.60. The van der Waals surface area contributed by atoms with Gasteiger partial charge in [-0.25, -0.2) is 0 Å². The van der Waals surface area contributed by atoms with E-state index >= 15 is 0 Å². The van der Waals surface area contributed by atoms with E-state index in [1.807, 2.05) is 29.1 Å². The number of carboxylic acid groups (broad SMARTS) is 1. The molecule has 0 aliphatic carbocycles. The summed E-state index contributed by atoms with van der Waals surface area (Å²) in [6.07, 6.45) is 3.31. The number of aryl methyl sites for hydroxylation is 3. The number of hydrogen-bond donors (Lipinski definition) is 1. The molecule has 4 aromatic rings. The molecule has 0 spiro atoms. The number of carboxylic acids is 1. The van der Waals surface area contributed by atoms with Crippen molar-refractivity contribution >= 4 is 16.9 Å². The Balaban J connectivity index is 1.63. The SMILES string of the molecule is CCn1ncc2cc(-c3cc(CCC(=O)O)ccc3OCCc3ccccc3C)ccc21. The van der Waals surface area contributed by atoms with Gasteiger partial charge in [-0.15, -0.1) is 0 Å². The first-order valence-electron chi connectivity index (χ1n) is 11.0. The fourth-order valence-corrected chi connectivity index (χ4v) is 4.00. The zero-order chi connectivity index (χ0) is 22.5. The molecule has 1 aromatic heterocycles. The van der Waals surface area contributed by atoms with E-state index in [1.165, 1.54) is 11.1 Å². The third kappa shape index (κ3) is 4.83. The first kappa shape index (κ1) is 21.6. The number of benzene rings is 3. The van der Waals surface area contributed by atoms with Crippen molar-refractivity contribution in [1.29, 1.82) is 0 Å². The maximum Gasteiger partial charge on any atom is 0.303 e. The molecule has 0 aliphatic heterocycles. The van der Waals surface area contributed by atoms with Crippen molar-refractivity contribution in [2.24, 2.45) is 0 Å². The average Bonchev–Trinajstić information content (AvgIpc) is 3.22. The van der Waals surface area contributed by atoms with E-state index < -0.39 is 5.97 Å². The van der Waals surface area contributed by atoms with E-state index in [0.29, 0.717) is 13.0 Å². The molecule has 0 saturated carbocycles. The van der Waals surface area contributed by atoms with Gasteiger partial charge in [0.1, 0.15) is 5.75 Å². The number of rotatable bonds is 9. The lowest BCUT2D eigenvalue weighted by Gasteiger charge is -2.14. The van der Waals surface area contributed by atoms with E-state index in [9.17, 15) is 4.79 Å². The minimum absolute atomic E-state index is 0.106. The molecule has 32 heavy (non-hydrogen) atoms. The number of hydrogen-bond acceptors (Lipinski definition) is 3. The molecule has 1 N–H and O–H groups in total. The number of fused-ring (bicyclic) bond motifs is 1. The van der Waals surface area contributed by atoms with Crippen LogP contribution in [0.4, 0.5) is 0 Å². The van der Waals surface area contributed by atoms with Crippen LogP contribution in [0.3, 0.4) is 0 Å². The number of aromatic nitrogens is 2. The van der Waals surface area contributed by atoms with Gasteiger partial charge in [-0.05, 0) is 66.8 Å². The monoisotopic (exact) mass is 428 g/mol. The molecule has 0 saturated heterocycles. The molecule has 0 atom stereocenters. The molecule has 5 heteroatoms. The van der Waals surface area contributed by atoms with Crippen molar-refractivity contribution in [3.8, 4) is 16.9 Å². The van der Waals surface area contributed by atoms with Crippen LogP contribution < -0.4 is 4.74 Å². The smallest absolute Gasteiger partial charge is 0.303 e. The second-order valence-electron chi connectivity index (χ2n) is 7.98. The molecular weight excluding hydrogens is 400 g/mol. The quantitative estimate of drug-likeness (QED) is 0.373. The molecule has 0 aliphatic rings. The van der Waals surface area contributed by atoms with Crippen LogP contribution in [0.15, 0.2) is 66.9 Å². The fourth-order valence-electron chi connectivity index (χ4n) is 4.00. The van der Waals surface area contributed by atoms with Gasteiger partial charge in [0.15, 0.2) is 0 Å². The van der Waals surface area contributed by atoms with Gasteiger partial charge in [0.2, 0.25) is 0 Å². The molecule has 0 unspecified atom stereocenters. The van der Waals surface area contributed by atoms with Gasteiger partial charge < -0.3 is 9.84 Å². The predicted octanol–water partition coefficient (Wildman–Crippen LogP) is 5.67. The molecule has 0 bridgehead atoms. The molecule has 1 heterocycles. The van der Waals surface area contributed by atoms with E-state index in [2.05, 4.69) is 61.4 Å². The Labute approximate surface area is 188 Å². The number of aliphatic carboxylic acids is 1. The average molecular weight is 429 g/mol. The Morgan fingerprint density at radius 1 is 1.06 bits per heavy atom. The van der Waals surface area contributed by atoms with Gasteiger partial charge in [0.05, 0.1) is 18.3 Å². The van der Waals surface area contributed by atoms with E-state index in [-0.39, 0.29) is 6.42 Å². The molecule has 0 amide bonds. The second-order valence-corrected chi connectivity index (χ2v) is 7.98. The Kier molecular flexibility index (Phi) is 6.55. The highest BCUT2D eigenvalue weighted by molar-refractivity contribution is 5.86. The summed E-state index contributed by atoms with van der Waals surface area (Å²) in [5.74, 6) is 0.0124. The highest BCUT2D eigenvalue weighted by Gasteiger charge is 2.12. The second kappa shape index (κ2) is 9.69. The Bertz CT molecular complexity index is 1240. The standard InChI is InChI=1S/C27H28N2O3/c1-3-29-25-11-10-22(17-23(25)18-28-29)24-16-20(9-13-27(30)31)8-12-26(24)32-15-14-21-7-5-4-6-19(21)2/h4-8,10-12,16-18H,3,9,13-15H2,1-2H3,(H,30,31). The third-order valence-corrected chi connectivity index (χ3v) is 5.81. The summed E-state index contributed by atoms with van der Waals surface area (Å²) in [7, 11) is 0. The van der Waals surface area contributed by atoms with Crippen LogP contribution in [0.5, 0.6) is 5.75 Å². The van der Waals surface area contributed by atoms with Gasteiger partial charge in [0, 0.05) is 30.3 Å². The van der Waals surface area contributed by atoms with Crippen molar-refractivity contribution in [1.82, 2.24) is 9.78 Å². The van der Waals surface area contributed by atoms with Crippen LogP contribution in [0.25, 0.3) is 22.0 Å². The van der Waals surface area contributed by atoms with Crippen molar-refractivity contribution in [3.63, 3.8) is 0 Å². The van der Waals surface area contributed by atoms with Gasteiger partial charge in [-0.1, -0.05) is 36.4 Å². The molecule has 164 valence electrons. The van der Waals surface area contributed by atoms with Crippen molar-refractivity contribution in [2.75, 3.05) is 6.61 Å². The number of carbonyl (C=O) groups is 1. The summed E-state index contributed by atoms with van der Waals surface area (Å²) in [6, 6.07) is 20.6. The lowest BCUT2D eigenvalue weighted by Crippen LogP contribution is -2.04. The molecule has 4 rings (SSSR count). The van der Waals surface area contributed by atoms with Crippen LogP contribution in [0.2, 0.25) is 0 Å². The summed E-state index contributed by atoms with van der Waals surface area (Å²) in [5, 5.41) is 14.6. The molecule has 0 fully saturated rings. The fraction of sp³-hybridized carbons (Fsp3) is 0.259. The summed E-state index contributed by atoms with van der Waals surface area (Å²) in [6.45, 7) is 5.58. The summed E-state index contributed by atoms with van der Waals surface area (Å²) in [4.78, 5) is 11.0. The summed E-state index contributed by atoms with van der Waals surface area (Å²) >= 11 is 0. The number of nitrogens with zero attached hydrogens (tertiary/aromatic N) is 2. The van der Waals surface area contributed by atoms with Crippen LogP contribution >= 0.6 is 0 Å². The van der Waals surface area contributed by atoms with Crippen LogP contribution in [-0.4, -0.2) is 27.5 Å². The molecule has 5 nitrogen and oxygen atoms in total. The lowest BCUT2D eigenvalue weighted by molar-refractivity contribution is -0.136. The lowest BCUT2D eigenvalue weighted by atomic mass is 9.98. The highest BCUT2D eigenvalue weighted by Crippen LogP contribution is 2.33.